The number of carboxylic acids is 1. The molecule has 21 nitrogen and oxygen atoms in total. The summed E-state index contributed by atoms with van der Waals surface area (Å²) in [4.78, 5) is 37.9. The standard InChI is InChI=1S/C27H43IO6Si.C25H36O10.C22H30O5SeSi/c1-19(34-35(8,9)26(2,3)4)21(30-7)15-16-22(31-25(29)20-13-11-10-12-14-20)24-23(17-18-28)32-27(5,6)33-24;1-15(26)19(32-6)11-10-18(27)23-20(34-25(2,3)35-23)9-7-8-16-12-17(31-5)13-21(33-14-30-4)22(16)24(28)29;1-24-16-27-20-14-18(25-2)13-17(15-28-19-9-7-6-8-10-19)21(20)22(23)26-11-12-29(3,4)5/h10-16,19,21-24H,17-18H2,1-9H3;7-8,10-13,15,18-20,23,26-27H,9,14H2,1-6H3,(H,28,29);6-10,13-14H,11-12,15-16H2,1-5H3/b16-15-;8-7+,11-10-;/t19-,21+,22?,23-,24+;15-,18?,19+,20-,23+;/m00./s1. The second-order valence-electron chi connectivity index (χ2n) is 27.3. The number of benzene rings is 4. The van der Waals surface area contributed by atoms with Gasteiger partial charge < -0.3 is 67.1 Å². The zero-order valence-corrected chi connectivity index (χ0v) is 67.3. The summed E-state index contributed by atoms with van der Waals surface area (Å²) in [7, 11) is 5.92. The molecule has 0 amide bonds. The van der Waals surface area contributed by atoms with E-state index in [1.807, 2.05) is 75.4 Å². The molecule has 4 aromatic rings. The predicted molar refractivity (Wildman–Crippen MR) is 398 cm³/mol. The molecule has 0 spiro atoms. The summed E-state index contributed by atoms with van der Waals surface area (Å²) < 4.78 is 87.4. The maximum Gasteiger partial charge on any atom is 0.338 e. The summed E-state index contributed by atoms with van der Waals surface area (Å²) in [5, 5.41) is 31.0. The molecule has 0 aromatic heterocycles. The van der Waals surface area contributed by atoms with Gasteiger partial charge in [-0.1, -0.05) is 91.9 Å². The van der Waals surface area contributed by atoms with E-state index in [1.54, 1.807) is 84.6 Å². The van der Waals surface area contributed by atoms with Crippen LogP contribution in [0.2, 0.25) is 43.8 Å². The van der Waals surface area contributed by atoms with Gasteiger partial charge in [0.05, 0.1) is 43.2 Å². The number of alkyl halides is 1. The largest absolute Gasteiger partial charge is 0.452 e. The number of carboxylic acid groups (broad SMARTS) is 1. The number of hydrogen-bond donors (Lipinski definition) is 3. The van der Waals surface area contributed by atoms with Crippen LogP contribution in [-0.4, -0.2) is 204 Å². The number of halogens is 1. The van der Waals surface area contributed by atoms with Gasteiger partial charge in [0.2, 0.25) is 0 Å². The Morgan fingerprint density at radius 2 is 1.23 bits per heavy atom. The summed E-state index contributed by atoms with van der Waals surface area (Å²) >= 11 is 2.49. The molecule has 552 valence electrons. The van der Waals surface area contributed by atoms with Gasteiger partial charge in [0, 0.05) is 31.8 Å². The minimum atomic E-state index is -1.98. The molecule has 3 N–H and O–H groups in total. The molecule has 2 aliphatic heterocycles. The van der Waals surface area contributed by atoms with Gasteiger partial charge in [0.1, 0.15) is 47.6 Å². The van der Waals surface area contributed by atoms with Crippen LogP contribution in [0.4, 0.5) is 0 Å². The van der Waals surface area contributed by atoms with Gasteiger partial charge in [0.15, 0.2) is 26.7 Å². The second kappa shape index (κ2) is 41.3. The molecule has 4 aromatic carbocycles. The van der Waals surface area contributed by atoms with E-state index in [0.717, 1.165) is 27.8 Å². The van der Waals surface area contributed by atoms with Crippen molar-refractivity contribution in [2.45, 2.75) is 197 Å². The van der Waals surface area contributed by atoms with Gasteiger partial charge >= 0.3 is 193 Å². The van der Waals surface area contributed by atoms with Crippen LogP contribution in [0.25, 0.3) is 6.08 Å². The first-order valence-corrected chi connectivity index (χ1v) is 43.2. The van der Waals surface area contributed by atoms with Crippen molar-refractivity contribution in [1.82, 2.24) is 0 Å². The van der Waals surface area contributed by atoms with Crippen LogP contribution in [0.3, 0.4) is 0 Å². The Kier molecular flexibility index (Phi) is 36.0. The average Bonchev–Trinajstić information content (AvgIpc) is 1.81. The van der Waals surface area contributed by atoms with Crippen LogP contribution in [0.5, 0.6) is 23.0 Å². The van der Waals surface area contributed by atoms with E-state index in [-0.39, 0.29) is 69.2 Å². The van der Waals surface area contributed by atoms with Crippen LogP contribution in [-0.2, 0) is 57.1 Å². The smallest absolute Gasteiger partial charge is 0.338 e. The fourth-order valence-electron chi connectivity index (χ4n) is 10.1. The molecule has 0 saturated carbocycles. The molecule has 6 rings (SSSR count). The number of methoxy groups -OCH3 is 6. The molecule has 2 heterocycles. The van der Waals surface area contributed by atoms with Crippen molar-refractivity contribution in [2.24, 2.45) is 0 Å². The van der Waals surface area contributed by atoms with Crippen molar-refractivity contribution in [2.75, 3.05) is 67.3 Å². The Morgan fingerprint density at radius 1 is 0.687 bits per heavy atom. The first-order chi connectivity index (χ1) is 46.6. The van der Waals surface area contributed by atoms with Crippen LogP contribution in [0.1, 0.15) is 117 Å². The minimum Gasteiger partial charge on any atom is -0.452 e. The molecular formula is C74H109IO21SeSi2. The molecule has 25 heteroatoms. The van der Waals surface area contributed by atoms with Crippen molar-refractivity contribution < 1.29 is 100 Å². The van der Waals surface area contributed by atoms with E-state index in [4.69, 9.17) is 70.7 Å². The van der Waals surface area contributed by atoms with Gasteiger partial charge in [-0.2, -0.15) is 0 Å². The summed E-state index contributed by atoms with van der Waals surface area (Å²) in [6.07, 6.45) is 6.10. The number of esters is 2. The SMILES string of the molecule is COCOc1cc(OC)cc(/C=C/C[C@@H]2OC(C)(C)O[C@@H]2C(O)/C=C\[C@@H](OC)[C@H](C)O)c1C(=O)O.COCOc1cc(OC)cc(C[Se]c2ccccc2)c1C(=O)OCC[Si](C)(C)C.CO[C@H](/C=C\C(OC(=O)c1ccccc1)[C@H]1OC(C)(C)O[C@H]1CCI)[C@H](C)O[Si](C)(C)C(C)(C)C. The number of aliphatic hydroxyl groups is 2. The van der Waals surface area contributed by atoms with Crippen LogP contribution >= 0.6 is 22.6 Å². The Morgan fingerprint density at radius 3 is 1.76 bits per heavy atom. The van der Waals surface area contributed by atoms with Crippen molar-refractivity contribution >= 4 is 82.4 Å². The number of aliphatic hydroxyl groups excluding tert-OH is 2. The first-order valence-electron chi connectivity index (χ1n) is 33.0. The summed E-state index contributed by atoms with van der Waals surface area (Å²) in [6, 6.07) is 26.9. The Bertz CT molecular complexity index is 3190. The average molecular weight is 1600 g/mol. The molecule has 0 aliphatic carbocycles. The zero-order chi connectivity index (χ0) is 73.9. The molecule has 0 radical (unpaired) electrons. The maximum absolute atomic E-state index is 13.0. The van der Waals surface area contributed by atoms with Crippen molar-refractivity contribution in [3.05, 3.63) is 143 Å². The zero-order valence-electron chi connectivity index (χ0n) is 61.5. The number of hydrogen-bond acceptors (Lipinski definition) is 20. The molecule has 0 bridgehead atoms. The number of carbonyl (C=O) groups is 3. The predicted octanol–water partition coefficient (Wildman–Crippen LogP) is 12.9. The molecule has 2 saturated heterocycles. The quantitative estimate of drug-likeness (QED) is 0.00967. The Hall–Kier alpha value is -5.05. The maximum atomic E-state index is 13.0. The van der Waals surface area contributed by atoms with Crippen LogP contribution < -0.4 is 23.4 Å². The van der Waals surface area contributed by atoms with E-state index in [0.29, 0.717) is 47.0 Å². The van der Waals surface area contributed by atoms with Crippen molar-refractivity contribution in [3.8, 4) is 23.0 Å². The van der Waals surface area contributed by atoms with Gasteiger partial charge in [-0.15, -0.1) is 0 Å². The third kappa shape index (κ3) is 28.6. The van der Waals surface area contributed by atoms with Gasteiger partial charge in [-0.3, -0.25) is 0 Å². The van der Waals surface area contributed by atoms with Gasteiger partial charge in [-0.05, 0) is 102 Å². The van der Waals surface area contributed by atoms with Crippen LogP contribution in [0.15, 0.2) is 115 Å². The minimum absolute atomic E-state index is 0.0359. The van der Waals surface area contributed by atoms with E-state index in [1.165, 1.54) is 37.9 Å². The second-order valence-corrected chi connectivity index (χ2v) is 41.0. The number of aromatic carboxylic acids is 1. The third-order valence-electron chi connectivity index (χ3n) is 16.2. The Balaban J connectivity index is 0.000000317. The molecule has 2 unspecified atom stereocenters. The molecule has 99 heavy (non-hydrogen) atoms. The van der Waals surface area contributed by atoms with E-state index >= 15 is 0 Å². The summed E-state index contributed by atoms with van der Waals surface area (Å²) in [5.41, 5.74) is 2.17. The first kappa shape index (κ1) is 86.4. The topological polar surface area (TPSA) is 250 Å². The van der Waals surface area contributed by atoms with Gasteiger partial charge in [0.25, 0.3) is 0 Å². The van der Waals surface area contributed by atoms with Gasteiger partial charge in [-0.25, -0.2) is 9.59 Å². The Labute approximate surface area is 609 Å². The third-order valence-corrected chi connectivity index (χ3v) is 25.3. The number of rotatable bonds is 35. The van der Waals surface area contributed by atoms with E-state index in [9.17, 15) is 29.7 Å². The molecule has 2 fully saturated rings. The normalized spacial score (nSPS) is 19.4. The number of carbonyl (C=O) groups excluding carboxylic acids is 2. The fraction of sp³-hybridized carbons (Fsp3) is 0.554. The summed E-state index contributed by atoms with van der Waals surface area (Å²) in [5.74, 6) is -1.98. The molecule has 10 atom stereocenters. The monoisotopic (exact) mass is 1600 g/mol. The van der Waals surface area contributed by atoms with Crippen LogP contribution in [0, 0.1) is 0 Å². The number of ether oxygens (including phenoxy) is 14. The molecule has 2 aliphatic rings. The fourth-order valence-corrected chi connectivity index (χ4v) is 14.7. The van der Waals surface area contributed by atoms with Crippen molar-refractivity contribution in [1.29, 1.82) is 0 Å². The van der Waals surface area contributed by atoms with E-state index in [2.05, 4.69) is 88.2 Å². The van der Waals surface area contributed by atoms with Crippen molar-refractivity contribution in [3.63, 3.8) is 0 Å². The van der Waals surface area contributed by atoms with E-state index < -0.39 is 82.6 Å². The molecular weight excluding hydrogens is 1490 g/mol. The summed E-state index contributed by atoms with van der Waals surface area (Å²) in [6.45, 7) is 29.1.